The van der Waals surface area contributed by atoms with Crippen molar-refractivity contribution in [3.05, 3.63) is 53.1 Å². The van der Waals surface area contributed by atoms with E-state index in [4.69, 9.17) is 19.2 Å². The van der Waals surface area contributed by atoms with Crippen LogP contribution in [0.5, 0.6) is 17.2 Å². The van der Waals surface area contributed by atoms with Crippen molar-refractivity contribution in [1.82, 2.24) is 0 Å². The Kier molecular flexibility index (Phi) is 6.53. The normalized spacial score (nSPS) is 14.9. The minimum atomic E-state index is 0.426. The van der Waals surface area contributed by atoms with Gasteiger partial charge in [-0.15, -0.1) is 0 Å². The largest absolute Gasteiger partial charge is 0.497 e. The van der Waals surface area contributed by atoms with Gasteiger partial charge in [-0.25, -0.2) is 0 Å². The van der Waals surface area contributed by atoms with Crippen molar-refractivity contribution in [1.29, 1.82) is 0 Å². The summed E-state index contributed by atoms with van der Waals surface area (Å²) in [4.78, 5) is 4.80. The first-order valence-corrected chi connectivity index (χ1v) is 9.35. The number of hydrogen-bond acceptors (Lipinski definition) is 4. The molecule has 0 N–H and O–H groups in total. The number of hydrogen-bond donors (Lipinski definition) is 0. The highest BCUT2D eigenvalue weighted by Gasteiger charge is 2.14. The summed E-state index contributed by atoms with van der Waals surface area (Å²) in [5, 5.41) is 0. The van der Waals surface area contributed by atoms with Crippen LogP contribution in [0.15, 0.2) is 41.4 Å². The van der Waals surface area contributed by atoms with E-state index in [1.54, 1.807) is 21.3 Å². The number of ether oxygens (including phenoxy) is 3. The Morgan fingerprint density at radius 3 is 2.19 bits per heavy atom. The topological polar surface area (TPSA) is 40.0 Å². The van der Waals surface area contributed by atoms with E-state index in [-0.39, 0.29) is 0 Å². The molecule has 0 atom stereocenters. The van der Waals surface area contributed by atoms with E-state index < -0.39 is 0 Å². The highest BCUT2D eigenvalue weighted by Crippen LogP contribution is 2.30. The van der Waals surface area contributed by atoms with E-state index >= 15 is 0 Å². The lowest BCUT2D eigenvalue weighted by Crippen LogP contribution is -2.00. The molecule has 142 valence electrons. The van der Waals surface area contributed by atoms with Crippen molar-refractivity contribution in [2.45, 2.75) is 31.7 Å². The van der Waals surface area contributed by atoms with Crippen LogP contribution in [0.2, 0.25) is 0 Å². The van der Waals surface area contributed by atoms with E-state index in [0.717, 1.165) is 33.9 Å². The molecule has 2 aromatic rings. The molecule has 0 saturated heterocycles. The second kappa shape index (κ2) is 9.26. The molecule has 1 saturated carbocycles. The molecule has 0 aliphatic heterocycles. The number of benzene rings is 2. The van der Waals surface area contributed by atoms with Gasteiger partial charge in [0.15, 0.2) is 0 Å². The van der Waals surface area contributed by atoms with E-state index in [0.29, 0.717) is 6.04 Å². The molecule has 0 radical (unpaired) electrons. The van der Waals surface area contributed by atoms with Crippen molar-refractivity contribution in [3.8, 4) is 17.2 Å². The van der Waals surface area contributed by atoms with Gasteiger partial charge in [0.1, 0.15) is 17.2 Å². The van der Waals surface area contributed by atoms with Crippen LogP contribution >= 0.6 is 0 Å². The molecule has 3 rings (SSSR count). The molecule has 0 spiro atoms. The smallest absolute Gasteiger partial charge is 0.131 e. The quantitative estimate of drug-likeness (QED) is 0.497. The summed E-state index contributed by atoms with van der Waals surface area (Å²) in [5.41, 5.74) is 3.09. The molecule has 1 fully saturated rings. The van der Waals surface area contributed by atoms with Crippen molar-refractivity contribution in [2.24, 2.45) is 4.99 Å². The maximum absolute atomic E-state index is 5.60. The Morgan fingerprint density at radius 2 is 1.56 bits per heavy atom. The molecular formula is C23H27NO3. The zero-order valence-corrected chi connectivity index (χ0v) is 16.3. The standard InChI is InChI=1S/C23H27NO3/c1-25-20-12-9-17(10-13-20)8-11-18-14-21(26-2)15-23(27-3)22(18)16-24-19-6-4-5-7-19/h8-16,19H,4-7H2,1-3H3/b11-8+,24-16?. The van der Waals surface area contributed by atoms with Gasteiger partial charge >= 0.3 is 0 Å². The van der Waals surface area contributed by atoms with Crippen molar-refractivity contribution in [3.63, 3.8) is 0 Å². The Labute approximate surface area is 161 Å². The van der Waals surface area contributed by atoms with Crippen LogP contribution in [0, 0.1) is 0 Å². The van der Waals surface area contributed by atoms with Gasteiger partial charge in [0, 0.05) is 23.9 Å². The zero-order valence-electron chi connectivity index (χ0n) is 16.3. The number of nitrogens with zero attached hydrogens (tertiary/aromatic N) is 1. The fourth-order valence-electron chi connectivity index (χ4n) is 3.32. The second-order valence-electron chi connectivity index (χ2n) is 6.66. The third-order valence-corrected chi connectivity index (χ3v) is 4.91. The van der Waals surface area contributed by atoms with Crippen molar-refractivity contribution >= 4 is 18.4 Å². The first-order valence-electron chi connectivity index (χ1n) is 9.35. The minimum absolute atomic E-state index is 0.426. The summed E-state index contributed by atoms with van der Waals surface area (Å²) < 4.78 is 16.3. The van der Waals surface area contributed by atoms with Crippen LogP contribution < -0.4 is 14.2 Å². The monoisotopic (exact) mass is 365 g/mol. The van der Waals surface area contributed by atoms with E-state index in [1.165, 1.54) is 25.7 Å². The van der Waals surface area contributed by atoms with E-state index in [1.807, 2.05) is 42.6 Å². The molecule has 0 amide bonds. The maximum atomic E-state index is 5.60. The summed E-state index contributed by atoms with van der Waals surface area (Å²) in [6.07, 6.45) is 11.0. The average Bonchev–Trinajstić information content (AvgIpc) is 3.24. The van der Waals surface area contributed by atoms with Crippen LogP contribution in [0.4, 0.5) is 0 Å². The second-order valence-corrected chi connectivity index (χ2v) is 6.66. The molecule has 4 heteroatoms. The molecule has 0 bridgehead atoms. The Balaban J connectivity index is 1.93. The zero-order chi connectivity index (χ0) is 19.1. The van der Waals surface area contributed by atoms with Gasteiger partial charge in [0.2, 0.25) is 0 Å². The summed E-state index contributed by atoms with van der Waals surface area (Å²) in [5.74, 6) is 2.38. The SMILES string of the molecule is COc1ccc(/C=C/c2cc(OC)cc(OC)c2C=NC2CCCC2)cc1. The summed E-state index contributed by atoms with van der Waals surface area (Å²) >= 11 is 0. The fourth-order valence-corrected chi connectivity index (χ4v) is 3.32. The van der Waals surface area contributed by atoms with Crippen LogP contribution in [-0.2, 0) is 0 Å². The molecule has 1 aliphatic carbocycles. The third-order valence-electron chi connectivity index (χ3n) is 4.91. The summed E-state index contributed by atoms with van der Waals surface area (Å²) in [6.45, 7) is 0. The Morgan fingerprint density at radius 1 is 0.852 bits per heavy atom. The van der Waals surface area contributed by atoms with Gasteiger partial charge in [-0.1, -0.05) is 37.1 Å². The number of methoxy groups -OCH3 is 3. The van der Waals surface area contributed by atoms with Crippen molar-refractivity contribution in [2.75, 3.05) is 21.3 Å². The number of aliphatic imine (C=N–C) groups is 1. The average molecular weight is 365 g/mol. The maximum Gasteiger partial charge on any atom is 0.131 e. The number of rotatable bonds is 7. The van der Waals surface area contributed by atoms with Gasteiger partial charge in [0.05, 0.1) is 21.3 Å². The predicted octanol–water partition coefficient (Wildman–Crippen LogP) is 5.24. The van der Waals surface area contributed by atoms with Crippen LogP contribution in [0.1, 0.15) is 42.4 Å². The van der Waals surface area contributed by atoms with Crippen LogP contribution in [0.3, 0.4) is 0 Å². The van der Waals surface area contributed by atoms with Crippen molar-refractivity contribution < 1.29 is 14.2 Å². The van der Waals surface area contributed by atoms with Gasteiger partial charge < -0.3 is 14.2 Å². The summed E-state index contributed by atoms with van der Waals surface area (Å²) in [6, 6.07) is 12.3. The molecular weight excluding hydrogens is 338 g/mol. The Hall–Kier alpha value is -2.75. The lowest BCUT2D eigenvalue weighted by Gasteiger charge is -2.12. The molecule has 0 aromatic heterocycles. The highest BCUT2D eigenvalue weighted by atomic mass is 16.5. The van der Waals surface area contributed by atoms with Gasteiger partial charge in [-0.3, -0.25) is 4.99 Å². The molecule has 27 heavy (non-hydrogen) atoms. The third kappa shape index (κ3) is 4.91. The fraction of sp³-hybridized carbons (Fsp3) is 0.348. The molecule has 0 unspecified atom stereocenters. The lowest BCUT2D eigenvalue weighted by molar-refractivity contribution is 0.394. The van der Waals surface area contributed by atoms with E-state index in [9.17, 15) is 0 Å². The lowest BCUT2D eigenvalue weighted by atomic mass is 10.0. The van der Waals surface area contributed by atoms with Gasteiger partial charge in [0.25, 0.3) is 0 Å². The van der Waals surface area contributed by atoms with Gasteiger partial charge in [-0.2, -0.15) is 0 Å². The first-order chi connectivity index (χ1) is 13.2. The van der Waals surface area contributed by atoms with Crippen LogP contribution in [-0.4, -0.2) is 33.6 Å². The molecule has 4 nitrogen and oxygen atoms in total. The van der Waals surface area contributed by atoms with E-state index in [2.05, 4.69) is 12.2 Å². The summed E-state index contributed by atoms with van der Waals surface area (Å²) in [7, 11) is 5.01. The first kappa shape index (κ1) is 19.0. The molecule has 0 heterocycles. The Bertz CT molecular complexity index is 803. The molecule has 2 aromatic carbocycles. The molecule has 1 aliphatic rings. The van der Waals surface area contributed by atoms with Gasteiger partial charge in [-0.05, 0) is 42.2 Å². The predicted molar refractivity (Wildman–Crippen MR) is 111 cm³/mol. The van der Waals surface area contributed by atoms with Crippen LogP contribution in [0.25, 0.3) is 12.2 Å². The minimum Gasteiger partial charge on any atom is -0.497 e. The highest BCUT2D eigenvalue weighted by molar-refractivity contribution is 5.91.